The van der Waals surface area contributed by atoms with Crippen LogP contribution in [0.5, 0.6) is 5.75 Å². The van der Waals surface area contributed by atoms with Crippen LogP contribution in [0.1, 0.15) is 25.5 Å². The molecule has 1 rings (SSSR count). The van der Waals surface area contributed by atoms with Crippen LogP contribution in [0, 0.1) is 5.82 Å². The molecule has 0 spiro atoms. The molecular weight excluding hydrogens is 223 g/mol. The van der Waals surface area contributed by atoms with Crippen molar-refractivity contribution in [2.75, 3.05) is 7.05 Å². The highest BCUT2D eigenvalue weighted by atomic mass is 19.1. The van der Waals surface area contributed by atoms with E-state index in [9.17, 15) is 9.18 Å². The second kappa shape index (κ2) is 5.63. The highest BCUT2D eigenvalue weighted by Crippen LogP contribution is 2.26. The van der Waals surface area contributed by atoms with Gasteiger partial charge in [-0.15, -0.1) is 0 Å². The number of primary amides is 1. The zero-order valence-corrected chi connectivity index (χ0v) is 10.2. The summed E-state index contributed by atoms with van der Waals surface area (Å²) in [6.07, 6.45) is -0.747. The van der Waals surface area contributed by atoms with E-state index in [0.717, 1.165) is 0 Å². The summed E-state index contributed by atoms with van der Waals surface area (Å²) in [6, 6.07) is 4.08. The molecular formula is C12H17FN2O2. The van der Waals surface area contributed by atoms with Crippen molar-refractivity contribution in [2.24, 2.45) is 5.73 Å². The van der Waals surface area contributed by atoms with Crippen molar-refractivity contribution in [3.8, 4) is 5.75 Å². The molecule has 17 heavy (non-hydrogen) atoms. The molecule has 2 unspecified atom stereocenters. The van der Waals surface area contributed by atoms with Gasteiger partial charge in [0.1, 0.15) is 11.6 Å². The minimum atomic E-state index is -0.747. The molecule has 1 aromatic rings. The van der Waals surface area contributed by atoms with Crippen molar-refractivity contribution < 1.29 is 13.9 Å². The van der Waals surface area contributed by atoms with Crippen molar-refractivity contribution in [3.63, 3.8) is 0 Å². The van der Waals surface area contributed by atoms with E-state index in [4.69, 9.17) is 10.5 Å². The summed E-state index contributed by atoms with van der Waals surface area (Å²) >= 11 is 0. The first-order chi connectivity index (χ1) is 7.95. The number of benzene rings is 1. The summed E-state index contributed by atoms with van der Waals surface area (Å²) in [5.41, 5.74) is 5.77. The molecule has 1 amide bonds. The van der Waals surface area contributed by atoms with E-state index in [-0.39, 0.29) is 11.9 Å². The zero-order valence-electron chi connectivity index (χ0n) is 10.2. The fourth-order valence-electron chi connectivity index (χ4n) is 1.37. The van der Waals surface area contributed by atoms with Gasteiger partial charge in [-0.1, -0.05) is 0 Å². The monoisotopic (exact) mass is 240 g/mol. The Balaban J connectivity index is 3.02. The Morgan fingerprint density at radius 2 is 2.12 bits per heavy atom. The van der Waals surface area contributed by atoms with Crippen molar-refractivity contribution >= 4 is 5.91 Å². The minimum absolute atomic E-state index is 0.0826. The maximum atomic E-state index is 13.2. The first-order valence-corrected chi connectivity index (χ1v) is 5.38. The third kappa shape index (κ3) is 3.42. The van der Waals surface area contributed by atoms with Crippen LogP contribution >= 0.6 is 0 Å². The molecule has 4 nitrogen and oxygen atoms in total. The lowest BCUT2D eigenvalue weighted by molar-refractivity contribution is -0.124. The van der Waals surface area contributed by atoms with Gasteiger partial charge in [0.25, 0.3) is 5.91 Å². The summed E-state index contributed by atoms with van der Waals surface area (Å²) in [5, 5.41) is 2.99. The van der Waals surface area contributed by atoms with Gasteiger partial charge in [-0.05, 0) is 39.1 Å². The molecule has 0 aliphatic carbocycles. The molecule has 0 saturated heterocycles. The van der Waals surface area contributed by atoms with Crippen LogP contribution in [0.15, 0.2) is 18.2 Å². The molecule has 0 fully saturated rings. The van der Waals surface area contributed by atoms with Crippen LogP contribution in [0.4, 0.5) is 4.39 Å². The lowest BCUT2D eigenvalue weighted by atomic mass is 10.1. The summed E-state index contributed by atoms with van der Waals surface area (Å²) in [4.78, 5) is 10.9. The lowest BCUT2D eigenvalue weighted by Gasteiger charge is -2.18. The van der Waals surface area contributed by atoms with E-state index in [1.54, 1.807) is 14.0 Å². The van der Waals surface area contributed by atoms with Gasteiger partial charge in [0.15, 0.2) is 6.10 Å². The molecule has 0 saturated carbocycles. The van der Waals surface area contributed by atoms with Crippen LogP contribution in [0.25, 0.3) is 0 Å². The number of carbonyl (C=O) groups excluding carboxylic acids is 1. The first-order valence-electron chi connectivity index (χ1n) is 5.38. The van der Waals surface area contributed by atoms with Gasteiger partial charge in [-0.2, -0.15) is 0 Å². The maximum absolute atomic E-state index is 13.2. The van der Waals surface area contributed by atoms with Crippen molar-refractivity contribution in [3.05, 3.63) is 29.6 Å². The van der Waals surface area contributed by atoms with Crippen molar-refractivity contribution in [2.45, 2.75) is 26.0 Å². The largest absolute Gasteiger partial charge is 0.481 e. The van der Waals surface area contributed by atoms with E-state index in [1.165, 1.54) is 18.2 Å². The Hall–Kier alpha value is -1.62. The van der Waals surface area contributed by atoms with E-state index in [1.807, 2.05) is 6.92 Å². The van der Waals surface area contributed by atoms with Gasteiger partial charge in [0.05, 0.1) is 0 Å². The molecule has 0 aliphatic heterocycles. The highest BCUT2D eigenvalue weighted by molar-refractivity contribution is 5.78. The number of carbonyl (C=O) groups is 1. The summed E-state index contributed by atoms with van der Waals surface area (Å²) in [5.74, 6) is -0.446. The Labute approximate surface area is 100.0 Å². The normalized spacial score (nSPS) is 14.1. The molecule has 0 aromatic heterocycles. The molecule has 0 bridgehead atoms. The molecule has 5 heteroatoms. The number of nitrogens with one attached hydrogen (secondary N) is 1. The Kier molecular flexibility index (Phi) is 4.45. The summed E-state index contributed by atoms with van der Waals surface area (Å²) in [6.45, 7) is 3.43. The predicted molar refractivity (Wildman–Crippen MR) is 63.2 cm³/mol. The number of hydrogen-bond donors (Lipinski definition) is 2. The summed E-state index contributed by atoms with van der Waals surface area (Å²) in [7, 11) is 1.76. The molecule has 0 aliphatic rings. The van der Waals surface area contributed by atoms with E-state index in [2.05, 4.69) is 5.32 Å². The number of ether oxygens (including phenoxy) is 1. The van der Waals surface area contributed by atoms with Crippen molar-refractivity contribution in [1.29, 1.82) is 0 Å². The smallest absolute Gasteiger partial charge is 0.258 e. The number of halogens is 1. The fraction of sp³-hybridized carbons (Fsp3) is 0.417. The predicted octanol–water partition coefficient (Wildman–Crippen LogP) is 1.36. The lowest BCUT2D eigenvalue weighted by Crippen LogP contribution is -2.31. The minimum Gasteiger partial charge on any atom is -0.481 e. The molecule has 2 atom stereocenters. The average Bonchev–Trinajstić information content (AvgIpc) is 2.30. The quantitative estimate of drug-likeness (QED) is 0.816. The fourth-order valence-corrected chi connectivity index (χ4v) is 1.37. The number of nitrogens with two attached hydrogens (primary N) is 1. The maximum Gasteiger partial charge on any atom is 0.258 e. The molecule has 3 N–H and O–H groups in total. The number of amides is 1. The Morgan fingerprint density at radius 1 is 1.47 bits per heavy atom. The van der Waals surface area contributed by atoms with Crippen LogP contribution in [0.3, 0.4) is 0 Å². The third-order valence-electron chi connectivity index (χ3n) is 2.58. The van der Waals surface area contributed by atoms with Gasteiger partial charge in [-0.25, -0.2) is 4.39 Å². The molecule has 1 aromatic carbocycles. The molecule has 94 valence electrons. The third-order valence-corrected chi connectivity index (χ3v) is 2.58. The first kappa shape index (κ1) is 13.4. The number of hydrogen-bond acceptors (Lipinski definition) is 3. The van der Waals surface area contributed by atoms with Gasteiger partial charge >= 0.3 is 0 Å². The van der Waals surface area contributed by atoms with Crippen LogP contribution in [-0.4, -0.2) is 19.1 Å². The second-order valence-corrected chi connectivity index (χ2v) is 3.85. The Bertz CT molecular complexity index is 409. The highest BCUT2D eigenvalue weighted by Gasteiger charge is 2.16. The topological polar surface area (TPSA) is 64.3 Å². The number of rotatable bonds is 5. The van der Waals surface area contributed by atoms with Gasteiger partial charge in [0, 0.05) is 11.6 Å². The van der Waals surface area contributed by atoms with Crippen molar-refractivity contribution in [1.82, 2.24) is 5.32 Å². The Morgan fingerprint density at radius 3 is 2.65 bits per heavy atom. The van der Waals surface area contributed by atoms with E-state index >= 15 is 0 Å². The second-order valence-electron chi connectivity index (χ2n) is 3.85. The van der Waals surface area contributed by atoms with Crippen LogP contribution in [0.2, 0.25) is 0 Å². The van der Waals surface area contributed by atoms with Gasteiger partial charge in [0.2, 0.25) is 0 Å². The average molecular weight is 240 g/mol. The zero-order chi connectivity index (χ0) is 13.0. The van der Waals surface area contributed by atoms with E-state index < -0.39 is 12.0 Å². The SMILES string of the molecule is CNC(C)c1cc(F)ccc1OC(C)C(N)=O. The standard InChI is InChI=1S/C12H17FN2O2/c1-7(15-3)10-6-9(13)4-5-11(10)17-8(2)12(14)16/h4-8,15H,1-3H3,(H2,14,16). The molecule has 0 heterocycles. The van der Waals surface area contributed by atoms with E-state index in [0.29, 0.717) is 11.3 Å². The summed E-state index contributed by atoms with van der Waals surface area (Å²) < 4.78 is 18.6. The van der Waals surface area contributed by atoms with Crippen LogP contribution < -0.4 is 15.8 Å². The molecule has 0 radical (unpaired) electrons. The van der Waals surface area contributed by atoms with Gasteiger partial charge in [-0.3, -0.25) is 4.79 Å². The van der Waals surface area contributed by atoms with Crippen LogP contribution in [-0.2, 0) is 4.79 Å². The van der Waals surface area contributed by atoms with Gasteiger partial charge < -0.3 is 15.8 Å².